The normalized spacial score (nSPS) is 14.1. The number of benzene rings is 1. The summed E-state index contributed by atoms with van der Waals surface area (Å²) >= 11 is 6.98. The molecule has 0 spiro atoms. The van der Waals surface area contributed by atoms with E-state index >= 15 is 0 Å². The minimum absolute atomic E-state index is 0.457. The fourth-order valence-corrected chi connectivity index (χ4v) is 3.27. The number of thiocarbonyl (C=S) groups is 1. The lowest BCUT2D eigenvalue weighted by Gasteiger charge is -2.14. The SMILES string of the molecule is CCSc1cccc(NCCCOCC2CC2)c1C(N)=S. The van der Waals surface area contributed by atoms with Crippen molar-refractivity contribution in [3.63, 3.8) is 0 Å². The van der Waals surface area contributed by atoms with Gasteiger partial charge in [0.2, 0.25) is 0 Å². The molecule has 1 aliphatic carbocycles. The largest absolute Gasteiger partial charge is 0.389 e. The number of hydrogen-bond acceptors (Lipinski definition) is 4. The summed E-state index contributed by atoms with van der Waals surface area (Å²) in [6, 6.07) is 6.16. The van der Waals surface area contributed by atoms with Crippen molar-refractivity contribution in [3.8, 4) is 0 Å². The Labute approximate surface area is 137 Å². The summed E-state index contributed by atoms with van der Waals surface area (Å²) in [7, 11) is 0. The molecule has 0 amide bonds. The third kappa shape index (κ3) is 5.49. The Morgan fingerprint density at radius 1 is 1.48 bits per heavy atom. The van der Waals surface area contributed by atoms with Crippen LogP contribution in [0.2, 0.25) is 0 Å². The number of nitrogens with one attached hydrogen (secondary N) is 1. The molecule has 0 heterocycles. The van der Waals surface area contributed by atoms with Crippen LogP contribution in [0.5, 0.6) is 0 Å². The van der Waals surface area contributed by atoms with Gasteiger partial charge < -0.3 is 15.8 Å². The number of rotatable bonds is 10. The minimum Gasteiger partial charge on any atom is -0.389 e. The zero-order valence-electron chi connectivity index (χ0n) is 12.6. The molecule has 1 aliphatic rings. The first-order chi connectivity index (χ1) is 10.2. The smallest absolute Gasteiger partial charge is 0.107 e. The van der Waals surface area contributed by atoms with Gasteiger partial charge in [-0.05, 0) is 43.1 Å². The first-order valence-electron chi connectivity index (χ1n) is 7.59. The first kappa shape index (κ1) is 16.6. The molecule has 21 heavy (non-hydrogen) atoms. The van der Waals surface area contributed by atoms with Gasteiger partial charge in [-0.2, -0.15) is 0 Å². The van der Waals surface area contributed by atoms with E-state index in [1.165, 1.54) is 12.8 Å². The van der Waals surface area contributed by atoms with Gasteiger partial charge in [-0.15, -0.1) is 11.8 Å². The summed E-state index contributed by atoms with van der Waals surface area (Å²) in [5.41, 5.74) is 7.89. The molecule has 5 heteroatoms. The molecule has 0 aromatic heterocycles. The highest BCUT2D eigenvalue weighted by molar-refractivity contribution is 7.99. The third-order valence-corrected chi connectivity index (χ3v) is 4.55. The van der Waals surface area contributed by atoms with Gasteiger partial charge in [-0.1, -0.05) is 25.2 Å². The molecule has 3 nitrogen and oxygen atoms in total. The quantitative estimate of drug-likeness (QED) is 0.391. The Morgan fingerprint density at radius 2 is 2.29 bits per heavy atom. The molecule has 116 valence electrons. The summed E-state index contributed by atoms with van der Waals surface area (Å²) in [5.74, 6) is 1.84. The van der Waals surface area contributed by atoms with Gasteiger partial charge in [-0.25, -0.2) is 0 Å². The van der Waals surface area contributed by atoms with Crippen molar-refractivity contribution in [2.75, 3.05) is 30.8 Å². The number of ether oxygens (including phenoxy) is 1. The molecule has 0 saturated heterocycles. The average molecular weight is 325 g/mol. The molecular formula is C16H24N2OS2. The molecule has 2 rings (SSSR count). The Hall–Kier alpha value is -0.780. The highest BCUT2D eigenvalue weighted by Gasteiger charge is 2.20. The van der Waals surface area contributed by atoms with Gasteiger partial charge in [0.25, 0.3) is 0 Å². The molecular weight excluding hydrogens is 300 g/mol. The second-order valence-corrected chi connectivity index (χ2v) is 7.02. The van der Waals surface area contributed by atoms with Gasteiger partial charge >= 0.3 is 0 Å². The molecule has 0 aliphatic heterocycles. The van der Waals surface area contributed by atoms with E-state index in [9.17, 15) is 0 Å². The Balaban J connectivity index is 1.82. The van der Waals surface area contributed by atoms with Crippen molar-refractivity contribution in [3.05, 3.63) is 23.8 Å². The summed E-state index contributed by atoms with van der Waals surface area (Å²) in [4.78, 5) is 1.61. The minimum atomic E-state index is 0.457. The van der Waals surface area contributed by atoms with E-state index in [4.69, 9.17) is 22.7 Å². The van der Waals surface area contributed by atoms with Gasteiger partial charge in [0.05, 0.1) is 0 Å². The lowest BCUT2D eigenvalue weighted by Crippen LogP contribution is -2.16. The number of nitrogens with two attached hydrogens (primary N) is 1. The van der Waals surface area contributed by atoms with Crippen LogP contribution in [0.1, 0.15) is 31.7 Å². The fraction of sp³-hybridized carbons (Fsp3) is 0.562. The van der Waals surface area contributed by atoms with Crippen LogP contribution < -0.4 is 11.1 Å². The van der Waals surface area contributed by atoms with Crippen LogP contribution in [0.4, 0.5) is 5.69 Å². The Morgan fingerprint density at radius 3 is 2.95 bits per heavy atom. The van der Waals surface area contributed by atoms with E-state index < -0.39 is 0 Å². The van der Waals surface area contributed by atoms with E-state index in [2.05, 4.69) is 18.3 Å². The first-order valence-corrected chi connectivity index (χ1v) is 8.99. The van der Waals surface area contributed by atoms with Crippen molar-refractivity contribution in [1.29, 1.82) is 0 Å². The van der Waals surface area contributed by atoms with E-state index in [1.54, 1.807) is 11.8 Å². The Bertz CT molecular complexity index is 475. The van der Waals surface area contributed by atoms with Gasteiger partial charge in [-0.3, -0.25) is 0 Å². The summed E-state index contributed by atoms with van der Waals surface area (Å²) in [5, 5.41) is 3.44. The van der Waals surface area contributed by atoms with Gasteiger partial charge in [0.15, 0.2) is 0 Å². The van der Waals surface area contributed by atoms with Crippen LogP contribution in [0, 0.1) is 5.92 Å². The van der Waals surface area contributed by atoms with Crippen LogP contribution >= 0.6 is 24.0 Å². The van der Waals surface area contributed by atoms with Crippen molar-refractivity contribution >= 4 is 34.7 Å². The van der Waals surface area contributed by atoms with E-state index in [1.807, 2.05) is 12.1 Å². The van der Waals surface area contributed by atoms with Crippen LogP contribution in [-0.2, 0) is 4.74 Å². The van der Waals surface area contributed by atoms with E-state index in [0.29, 0.717) is 4.99 Å². The maximum absolute atomic E-state index is 5.89. The number of anilines is 1. The van der Waals surface area contributed by atoms with Crippen molar-refractivity contribution in [2.24, 2.45) is 11.7 Å². The predicted molar refractivity (Wildman–Crippen MR) is 95.4 cm³/mol. The van der Waals surface area contributed by atoms with E-state index in [0.717, 1.165) is 54.0 Å². The van der Waals surface area contributed by atoms with Gasteiger partial charge in [0, 0.05) is 35.9 Å². The molecule has 0 atom stereocenters. The lowest BCUT2D eigenvalue weighted by molar-refractivity contribution is 0.124. The number of thioether (sulfide) groups is 1. The van der Waals surface area contributed by atoms with Crippen LogP contribution in [0.25, 0.3) is 0 Å². The van der Waals surface area contributed by atoms with Crippen molar-refractivity contribution < 1.29 is 4.74 Å². The second-order valence-electron chi connectivity index (χ2n) is 5.27. The van der Waals surface area contributed by atoms with Crippen molar-refractivity contribution in [2.45, 2.75) is 31.1 Å². The molecule has 3 N–H and O–H groups in total. The standard InChI is InChI=1S/C16H24N2OS2/c1-2-21-14-6-3-5-13(15(14)16(17)20)18-9-4-10-19-11-12-7-8-12/h3,5-6,12,18H,2,4,7-11H2,1H3,(H2,17,20). The molecule has 1 saturated carbocycles. The monoisotopic (exact) mass is 324 g/mol. The van der Waals surface area contributed by atoms with Gasteiger partial charge in [0.1, 0.15) is 4.99 Å². The van der Waals surface area contributed by atoms with Crippen molar-refractivity contribution in [1.82, 2.24) is 0 Å². The van der Waals surface area contributed by atoms with Crippen LogP contribution in [-0.4, -0.2) is 30.5 Å². The summed E-state index contributed by atoms with van der Waals surface area (Å²) in [6.07, 6.45) is 3.68. The summed E-state index contributed by atoms with van der Waals surface area (Å²) < 4.78 is 5.64. The topological polar surface area (TPSA) is 47.3 Å². The fourth-order valence-electron chi connectivity index (χ4n) is 2.14. The predicted octanol–water partition coefficient (Wildman–Crippen LogP) is 3.66. The molecule has 0 bridgehead atoms. The van der Waals surface area contributed by atoms with Crippen LogP contribution in [0.3, 0.4) is 0 Å². The zero-order chi connectivity index (χ0) is 15.1. The van der Waals surface area contributed by atoms with E-state index in [-0.39, 0.29) is 0 Å². The lowest BCUT2D eigenvalue weighted by atomic mass is 10.1. The molecule has 0 unspecified atom stereocenters. The zero-order valence-corrected chi connectivity index (χ0v) is 14.2. The number of hydrogen-bond donors (Lipinski definition) is 2. The maximum Gasteiger partial charge on any atom is 0.107 e. The third-order valence-electron chi connectivity index (χ3n) is 3.40. The molecule has 0 radical (unpaired) electrons. The van der Waals surface area contributed by atoms with Crippen LogP contribution in [0.15, 0.2) is 23.1 Å². The molecule has 1 aromatic carbocycles. The molecule has 1 aromatic rings. The summed E-state index contributed by atoms with van der Waals surface area (Å²) in [6.45, 7) is 4.75. The second kappa shape index (κ2) is 8.61. The highest BCUT2D eigenvalue weighted by Crippen LogP contribution is 2.29. The Kier molecular flexibility index (Phi) is 6.80. The maximum atomic E-state index is 5.89. The molecule has 1 fully saturated rings. The highest BCUT2D eigenvalue weighted by atomic mass is 32.2. The average Bonchev–Trinajstić information content (AvgIpc) is 3.27.